The number of phenols is 1. The largest absolute Gasteiger partial charge is 0.508 e. The number of phenolic OH excluding ortho intramolecular Hbond substituents is 1. The molecule has 0 aliphatic carbocycles. The van der Waals surface area contributed by atoms with Crippen LogP contribution in [0.2, 0.25) is 0 Å². The van der Waals surface area contributed by atoms with Crippen LogP contribution in [0.25, 0.3) is 0 Å². The third kappa shape index (κ3) is 2.64. The molecule has 1 aromatic carbocycles. The van der Waals surface area contributed by atoms with Gasteiger partial charge in [-0.15, -0.1) is 0 Å². The number of hydrogen-bond acceptors (Lipinski definition) is 4. The molecule has 0 radical (unpaired) electrons. The zero-order chi connectivity index (χ0) is 11.4. The standard InChI is InChI=1S/C9H13FN4O/c1-12-6-14(13(2)11)9-4-3-7(15)5-8(9)10/h3-6,15H,11H2,1-2H3. The summed E-state index contributed by atoms with van der Waals surface area (Å²) in [7, 11) is 3.10. The second-order valence-electron chi connectivity index (χ2n) is 2.93. The molecule has 0 aromatic heterocycles. The number of anilines is 1. The summed E-state index contributed by atoms with van der Waals surface area (Å²) in [5, 5.41) is 11.5. The molecule has 0 fully saturated rings. The van der Waals surface area contributed by atoms with Gasteiger partial charge in [-0.3, -0.25) is 10.8 Å². The minimum absolute atomic E-state index is 0.135. The van der Waals surface area contributed by atoms with Gasteiger partial charge in [-0.2, -0.15) is 5.12 Å². The van der Waals surface area contributed by atoms with Gasteiger partial charge in [-0.1, -0.05) is 0 Å². The van der Waals surface area contributed by atoms with Crippen molar-refractivity contribution in [3.63, 3.8) is 0 Å². The van der Waals surface area contributed by atoms with Crippen LogP contribution in [-0.4, -0.2) is 30.7 Å². The third-order valence-electron chi connectivity index (χ3n) is 1.74. The van der Waals surface area contributed by atoms with Gasteiger partial charge >= 0.3 is 0 Å². The summed E-state index contributed by atoms with van der Waals surface area (Å²) in [5.41, 5.74) is 0.211. The minimum Gasteiger partial charge on any atom is -0.508 e. The van der Waals surface area contributed by atoms with Gasteiger partial charge < -0.3 is 5.11 Å². The summed E-state index contributed by atoms with van der Waals surface area (Å²) >= 11 is 0. The minimum atomic E-state index is -0.577. The normalized spacial score (nSPS) is 11.3. The molecule has 0 aliphatic heterocycles. The first-order valence-electron chi connectivity index (χ1n) is 4.24. The number of hydrazine groups is 2. The van der Waals surface area contributed by atoms with Gasteiger partial charge in [0.25, 0.3) is 0 Å². The number of benzene rings is 1. The van der Waals surface area contributed by atoms with Crippen LogP contribution in [0.3, 0.4) is 0 Å². The SMILES string of the molecule is CN=CN(c1ccc(O)cc1F)N(C)N. The first-order valence-corrected chi connectivity index (χ1v) is 4.24. The van der Waals surface area contributed by atoms with Crippen molar-refractivity contribution >= 4 is 12.0 Å². The van der Waals surface area contributed by atoms with Crippen molar-refractivity contribution in [3.8, 4) is 5.75 Å². The Kier molecular flexibility index (Phi) is 3.59. The van der Waals surface area contributed by atoms with E-state index in [1.165, 1.54) is 28.6 Å². The van der Waals surface area contributed by atoms with Gasteiger partial charge in [0.2, 0.25) is 0 Å². The third-order valence-corrected chi connectivity index (χ3v) is 1.74. The van der Waals surface area contributed by atoms with Crippen molar-refractivity contribution in [2.24, 2.45) is 10.8 Å². The lowest BCUT2D eigenvalue weighted by atomic mass is 10.3. The maximum Gasteiger partial charge on any atom is 0.152 e. The lowest BCUT2D eigenvalue weighted by molar-refractivity contribution is 0.364. The van der Waals surface area contributed by atoms with Gasteiger partial charge in [0.15, 0.2) is 5.82 Å². The van der Waals surface area contributed by atoms with E-state index in [9.17, 15) is 4.39 Å². The van der Waals surface area contributed by atoms with Crippen LogP contribution in [0.1, 0.15) is 0 Å². The zero-order valence-electron chi connectivity index (χ0n) is 8.55. The quantitative estimate of drug-likeness (QED) is 0.335. The highest BCUT2D eigenvalue weighted by Gasteiger charge is 2.12. The maximum absolute atomic E-state index is 13.4. The van der Waals surface area contributed by atoms with E-state index in [2.05, 4.69) is 4.99 Å². The fraction of sp³-hybridized carbons (Fsp3) is 0.222. The fourth-order valence-electron chi connectivity index (χ4n) is 1.10. The highest BCUT2D eigenvalue weighted by molar-refractivity contribution is 5.78. The second kappa shape index (κ2) is 4.72. The van der Waals surface area contributed by atoms with E-state index in [0.717, 1.165) is 6.07 Å². The molecule has 3 N–H and O–H groups in total. The number of hydrogen-bond donors (Lipinski definition) is 2. The van der Waals surface area contributed by atoms with Gasteiger partial charge in [0.05, 0.1) is 5.69 Å². The number of rotatable bonds is 3. The van der Waals surface area contributed by atoms with Crippen LogP contribution in [0.15, 0.2) is 23.2 Å². The lowest BCUT2D eigenvalue weighted by Crippen LogP contribution is -2.44. The van der Waals surface area contributed by atoms with Crippen LogP contribution in [-0.2, 0) is 0 Å². The number of nitrogens with two attached hydrogens (primary N) is 1. The summed E-state index contributed by atoms with van der Waals surface area (Å²) in [6.07, 6.45) is 1.37. The fourth-order valence-corrected chi connectivity index (χ4v) is 1.10. The van der Waals surface area contributed by atoms with Crippen LogP contribution in [0.5, 0.6) is 5.75 Å². The van der Waals surface area contributed by atoms with Crippen molar-refractivity contribution in [2.75, 3.05) is 19.1 Å². The molecule has 0 saturated carbocycles. The van der Waals surface area contributed by atoms with Gasteiger partial charge in [0.1, 0.15) is 12.1 Å². The van der Waals surface area contributed by atoms with E-state index in [0.29, 0.717) is 0 Å². The predicted octanol–water partition coefficient (Wildman–Crippen LogP) is 0.716. The molecule has 0 unspecified atom stereocenters. The summed E-state index contributed by atoms with van der Waals surface area (Å²) < 4.78 is 13.4. The van der Waals surface area contributed by atoms with Crippen molar-refractivity contribution in [3.05, 3.63) is 24.0 Å². The van der Waals surface area contributed by atoms with E-state index >= 15 is 0 Å². The predicted molar refractivity (Wildman–Crippen MR) is 56.9 cm³/mol. The Balaban J connectivity index is 3.11. The number of aliphatic imine (C=N–C) groups is 1. The molecule has 0 saturated heterocycles. The molecule has 0 amide bonds. The molecule has 0 atom stereocenters. The Morgan fingerprint density at radius 1 is 1.53 bits per heavy atom. The summed E-state index contributed by atoms with van der Waals surface area (Å²) in [6.45, 7) is 0. The Hall–Kier alpha value is -1.66. The van der Waals surface area contributed by atoms with Gasteiger partial charge in [-0.05, 0) is 12.1 Å². The van der Waals surface area contributed by atoms with Crippen molar-refractivity contribution < 1.29 is 9.50 Å². The molecule has 1 aromatic rings. The van der Waals surface area contributed by atoms with E-state index in [-0.39, 0.29) is 11.4 Å². The Bertz CT molecular complexity index is 367. The van der Waals surface area contributed by atoms with E-state index < -0.39 is 5.82 Å². The molecule has 0 spiro atoms. The highest BCUT2D eigenvalue weighted by atomic mass is 19.1. The number of nitrogens with zero attached hydrogens (tertiary/aromatic N) is 3. The van der Waals surface area contributed by atoms with Gasteiger partial charge in [0, 0.05) is 20.2 Å². The Morgan fingerprint density at radius 2 is 2.20 bits per heavy atom. The van der Waals surface area contributed by atoms with Crippen LogP contribution < -0.4 is 10.9 Å². The second-order valence-corrected chi connectivity index (χ2v) is 2.93. The summed E-state index contributed by atoms with van der Waals surface area (Å²) in [4.78, 5) is 3.75. The first-order chi connectivity index (χ1) is 7.06. The average Bonchev–Trinajstić information content (AvgIpc) is 2.15. The molecule has 5 nitrogen and oxygen atoms in total. The Labute approximate surface area is 87.2 Å². The van der Waals surface area contributed by atoms with Crippen LogP contribution >= 0.6 is 0 Å². The van der Waals surface area contributed by atoms with E-state index in [4.69, 9.17) is 10.9 Å². The van der Waals surface area contributed by atoms with Crippen molar-refractivity contribution in [1.29, 1.82) is 0 Å². The Morgan fingerprint density at radius 3 is 2.67 bits per heavy atom. The molecule has 0 aliphatic rings. The number of halogens is 1. The summed E-state index contributed by atoms with van der Waals surface area (Å²) in [5.74, 6) is 4.79. The molecular weight excluding hydrogens is 199 g/mol. The molecule has 0 heterocycles. The first kappa shape index (κ1) is 11.4. The maximum atomic E-state index is 13.4. The van der Waals surface area contributed by atoms with Gasteiger partial charge in [-0.25, -0.2) is 9.40 Å². The van der Waals surface area contributed by atoms with Crippen LogP contribution in [0.4, 0.5) is 10.1 Å². The molecule has 15 heavy (non-hydrogen) atoms. The molecule has 1 rings (SSSR count). The van der Waals surface area contributed by atoms with E-state index in [1.807, 2.05) is 0 Å². The molecule has 6 heteroatoms. The average molecular weight is 212 g/mol. The molecule has 0 bridgehead atoms. The lowest BCUT2D eigenvalue weighted by Gasteiger charge is -2.25. The number of aromatic hydroxyl groups is 1. The van der Waals surface area contributed by atoms with E-state index in [1.54, 1.807) is 14.1 Å². The highest BCUT2D eigenvalue weighted by Crippen LogP contribution is 2.22. The van der Waals surface area contributed by atoms with Crippen molar-refractivity contribution in [2.45, 2.75) is 0 Å². The topological polar surface area (TPSA) is 65.1 Å². The van der Waals surface area contributed by atoms with Crippen molar-refractivity contribution in [1.82, 2.24) is 5.12 Å². The summed E-state index contributed by atoms with van der Waals surface area (Å²) in [6, 6.07) is 3.80. The molecular formula is C9H13FN4O. The smallest absolute Gasteiger partial charge is 0.152 e. The molecule has 82 valence electrons. The monoisotopic (exact) mass is 212 g/mol. The van der Waals surface area contributed by atoms with Crippen LogP contribution in [0, 0.1) is 5.82 Å². The zero-order valence-corrected chi connectivity index (χ0v) is 8.55.